The van der Waals surface area contributed by atoms with E-state index in [0.717, 1.165) is 11.1 Å². The molecule has 0 aliphatic carbocycles. The quantitative estimate of drug-likeness (QED) is 0.671. The molecule has 3 aromatic rings. The van der Waals surface area contributed by atoms with Crippen LogP contribution in [0.15, 0.2) is 61.2 Å². The molecule has 0 amide bonds. The van der Waals surface area contributed by atoms with Crippen molar-refractivity contribution in [2.24, 2.45) is 0 Å². The summed E-state index contributed by atoms with van der Waals surface area (Å²) < 4.78 is 1.53. The van der Waals surface area contributed by atoms with Gasteiger partial charge in [0.25, 0.3) is 0 Å². The number of aromatic nitrogens is 3. The fourth-order valence-electron chi connectivity index (χ4n) is 2.46. The molecular weight excluding hydrogens is 286 g/mol. The Bertz CT molecular complexity index is 772. The van der Waals surface area contributed by atoms with Crippen LogP contribution in [0.1, 0.15) is 35.7 Å². The average molecular weight is 305 g/mol. The van der Waals surface area contributed by atoms with E-state index in [4.69, 9.17) is 0 Å². The van der Waals surface area contributed by atoms with Gasteiger partial charge in [-0.05, 0) is 22.6 Å². The summed E-state index contributed by atoms with van der Waals surface area (Å²) in [5.41, 5.74) is 4.28. The highest BCUT2D eigenvalue weighted by atomic mass is 16.1. The SMILES string of the molecule is CC(C)c1ccc(-c2ccc(C(=O)Cn3cncn3)cc2)cc1. The van der Waals surface area contributed by atoms with Gasteiger partial charge >= 0.3 is 0 Å². The summed E-state index contributed by atoms with van der Waals surface area (Å²) in [6, 6.07) is 16.3. The standard InChI is InChI=1S/C19H19N3O/c1-14(2)15-3-5-16(6-4-15)17-7-9-18(10-8-17)19(23)11-22-13-20-12-21-22/h3-10,12-14H,11H2,1-2H3. The third-order valence-electron chi connectivity index (χ3n) is 3.89. The van der Waals surface area contributed by atoms with Crippen molar-refractivity contribution in [3.8, 4) is 11.1 Å². The summed E-state index contributed by atoms with van der Waals surface area (Å²) >= 11 is 0. The Morgan fingerprint density at radius 1 is 1.00 bits per heavy atom. The van der Waals surface area contributed by atoms with E-state index >= 15 is 0 Å². The molecule has 0 radical (unpaired) electrons. The number of ketones is 1. The zero-order valence-electron chi connectivity index (χ0n) is 13.3. The maximum Gasteiger partial charge on any atom is 0.184 e. The van der Waals surface area contributed by atoms with Crippen LogP contribution in [0, 0.1) is 0 Å². The van der Waals surface area contributed by atoms with E-state index in [-0.39, 0.29) is 12.3 Å². The Hall–Kier alpha value is -2.75. The fourth-order valence-corrected chi connectivity index (χ4v) is 2.46. The van der Waals surface area contributed by atoms with Gasteiger partial charge in [-0.2, -0.15) is 5.10 Å². The van der Waals surface area contributed by atoms with Crippen LogP contribution in [-0.2, 0) is 6.54 Å². The second kappa shape index (κ2) is 6.57. The van der Waals surface area contributed by atoms with Crippen LogP contribution in [0.5, 0.6) is 0 Å². The molecule has 116 valence electrons. The van der Waals surface area contributed by atoms with E-state index in [2.05, 4.69) is 48.2 Å². The minimum atomic E-state index is 0.0252. The van der Waals surface area contributed by atoms with E-state index in [1.54, 1.807) is 6.33 Å². The highest BCUT2D eigenvalue weighted by Crippen LogP contribution is 2.23. The number of carbonyl (C=O) groups is 1. The summed E-state index contributed by atoms with van der Waals surface area (Å²) in [5, 5.41) is 3.95. The monoisotopic (exact) mass is 305 g/mol. The molecule has 0 aliphatic heterocycles. The maximum absolute atomic E-state index is 12.2. The van der Waals surface area contributed by atoms with Crippen molar-refractivity contribution in [2.45, 2.75) is 26.3 Å². The lowest BCUT2D eigenvalue weighted by Crippen LogP contribution is -2.10. The van der Waals surface area contributed by atoms with E-state index in [1.165, 1.54) is 16.6 Å². The predicted octanol–water partition coefficient (Wildman–Crippen LogP) is 3.95. The first kappa shape index (κ1) is 15.2. The van der Waals surface area contributed by atoms with Gasteiger partial charge in [-0.3, -0.25) is 4.79 Å². The van der Waals surface area contributed by atoms with Crippen LogP contribution in [0.2, 0.25) is 0 Å². The highest BCUT2D eigenvalue weighted by Gasteiger charge is 2.08. The molecule has 1 aromatic heterocycles. The molecule has 0 fully saturated rings. The highest BCUT2D eigenvalue weighted by molar-refractivity contribution is 5.96. The Balaban J connectivity index is 1.75. The normalized spacial score (nSPS) is 10.9. The van der Waals surface area contributed by atoms with Crippen molar-refractivity contribution < 1.29 is 4.79 Å². The molecular formula is C19H19N3O. The number of hydrogen-bond donors (Lipinski definition) is 0. The van der Waals surface area contributed by atoms with Crippen molar-refractivity contribution in [3.63, 3.8) is 0 Å². The third kappa shape index (κ3) is 3.54. The largest absolute Gasteiger partial charge is 0.292 e. The predicted molar refractivity (Wildman–Crippen MR) is 90.3 cm³/mol. The minimum absolute atomic E-state index is 0.0252. The van der Waals surface area contributed by atoms with Crippen molar-refractivity contribution in [1.29, 1.82) is 0 Å². The number of Topliss-reactive ketones (excluding diaryl/α,β-unsaturated/α-hetero) is 1. The summed E-state index contributed by atoms with van der Waals surface area (Å²) in [6.07, 6.45) is 2.97. The van der Waals surface area contributed by atoms with Gasteiger partial charge in [0.15, 0.2) is 5.78 Å². The Morgan fingerprint density at radius 3 is 2.13 bits per heavy atom. The summed E-state index contributed by atoms with van der Waals surface area (Å²) in [6.45, 7) is 4.58. The molecule has 1 heterocycles. The smallest absolute Gasteiger partial charge is 0.184 e. The molecule has 0 atom stereocenters. The fraction of sp³-hybridized carbons (Fsp3) is 0.211. The number of benzene rings is 2. The van der Waals surface area contributed by atoms with Gasteiger partial charge in [0, 0.05) is 5.56 Å². The van der Waals surface area contributed by atoms with Gasteiger partial charge in [-0.25, -0.2) is 9.67 Å². The molecule has 0 N–H and O–H groups in total. The van der Waals surface area contributed by atoms with Crippen LogP contribution in [-0.4, -0.2) is 20.5 Å². The van der Waals surface area contributed by atoms with Crippen molar-refractivity contribution >= 4 is 5.78 Å². The second-order valence-electron chi connectivity index (χ2n) is 5.87. The van der Waals surface area contributed by atoms with Gasteiger partial charge in [0.2, 0.25) is 0 Å². The molecule has 4 nitrogen and oxygen atoms in total. The van der Waals surface area contributed by atoms with Crippen LogP contribution in [0.25, 0.3) is 11.1 Å². The summed E-state index contributed by atoms with van der Waals surface area (Å²) in [7, 11) is 0. The number of nitrogens with zero attached hydrogens (tertiary/aromatic N) is 3. The molecule has 0 saturated carbocycles. The molecule has 23 heavy (non-hydrogen) atoms. The lowest BCUT2D eigenvalue weighted by molar-refractivity contribution is 0.0967. The lowest BCUT2D eigenvalue weighted by Gasteiger charge is -2.08. The Kier molecular flexibility index (Phi) is 4.33. The van der Waals surface area contributed by atoms with E-state index in [1.807, 2.05) is 24.3 Å². The summed E-state index contributed by atoms with van der Waals surface area (Å²) in [4.78, 5) is 16.0. The Labute approximate surface area is 135 Å². The number of hydrogen-bond acceptors (Lipinski definition) is 3. The van der Waals surface area contributed by atoms with Crippen LogP contribution >= 0.6 is 0 Å². The first-order chi connectivity index (χ1) is 11.1. The van der Waals surface area contributed by atoms with Gasteiger partial charge < -0.3 is 0 Å². The second-order valence-corrected chi connectivity index (χ2v) is 5.87. The van der Waals surface area contributed by atoms with Gasteiger partial charge in [0.1, 0.15) is 19.2 Å². The first-order valence-electron chi connectivity index (χ1n) is 7.69. The zero-order chi connectivity index (χ0) is 16.2. The number of carbonyl (C=O) groups excluding carboxylic acids is 1. The van der Waals surface area contributed by atoms with E-state index in [0.29, 0.717) is 11.5 Å². The minimum Gasteiger partial charge on any atom is -0.292 e. The molecule has 0 aliphatic rings. The first-order valence-corrected chi connectivity index (χ1v) is 7.69. The topological polar surface area (TPSA) is 47.8 Å². The lowest BCUT2D eigenvalue weighted by atomic mass is 9.98. The molecule has 3 rings (SSSR count). The zero-order valence-corrected chi connectivity index (χ0v) is 13.3. The van der Waals surface area contributed by atoms with Crippen molar-refractivity contribution in [3.05, 3.63) is 72.3 Å². The molecule has 4 heteroatoms. The van der Waals surface area contributed by atoms with Gasteiger partial charge in [-0.1, -0.05) is 62.4 Å². The third-order valence-corrected chi connectivity index (χ3v) is 3.89. The van der Waals surface area contributed by atoms with Crippen LogP contribution < -0.4 is 0 Å². The van der Waals surface area contributed by atoms with E-state index in [9.17, 15) is 4.79 Å². The molecule has 0 bridgehead atoms. The van der Waals surface area contributed by atoms with Crippen LogP contribution in [0.4, 0.5) is 0 Å². The molecule has 0 spiro atoms. The van der Waals surface area contributed by atoms with Gasteiger partial charge in [0.05, 0.1) is 0 Å². The van der Waals surface area contributed by atoms with Gasteiger partial charge in [-0.15, -0.1) is 0 Å². The Morgan fingerprint density at radius 2 is 1.61 bits per heavy atom. The molecule has 2 aromatic carbocycles. The maximum atomic E-state index is 12.2. The average Bonchev–Trinajstić information content (AvgIpc) is 3.08. The van der Waals surface area contributed by atoms with Crippen molar-refractivity contribution in [2.75, 3.05) is 0 Å². The molecule has 0 unspecified atom stereocenters. The van der Waals surface area contributed by atoms with Crippen molar-refractivity contribution in [1.82, 2.24) is 14.8 Å². The number of rotatable bonds is 5. The van der Waals surface area contributed by atoms with E-state index < -0.39 is 0 Å². The molecule has 0 saturated heterocycles. The summed E-state index contributed by atoms with van der Waals surface area (Å²) in [5.74, 6) is 0.554. The van der Waals surface area contributed by atoms with Crippen LogP contribution in [0.3, 0.4) is 0 Å².